The number of sulfonamides is 1. The Morgan fingerprint density at radius 1 is 1.03 bits per heavy atom. The number of benzene rings is 3. The second kappa shape index (κ2) is 8.47. The summed E-state index contributed by atoms with van der Waals surface area (Å²) in [5, 5.41) is 5.00. The van der Waals surface area contributed by atoms with E-state index in [2.05, 4.69) is 5.32 Å². The van der Waals surface area contributed by atoms with Crippen molar-refractivity contribution in [1.82, 2.24) is 5.32 Å². The molecule has 1 amide bonds. The molecular weight excluding hydrogens is 416 g/mol. The number of rotatable bonds is 6. The summed E-state index contributed by atoms with van der Waals surface area (Å²) in [6, 6.07) is 17.7. The van der Waals surface area contributed by atoms with Crippen molar-refractivity contribution >= 4 is 32.4 Å². The molecule has 0 radical (unpaired) electrons. The molecule has 3 aromatic rings. The van der Waals surface area contributed by atoms with Gasteiger partial charge in [-0.15, -0.1) is 0 Å². The van der Waals surface area contributed by atoms with Crippen molar-refractivity contribution in [3.63, 3.8) is 0 Å². The lowest BCUT2D eigenvalue weighted by Crippen LogP contribution is -2.47. The van der Waals surface area contributed by atoms with Crippen molar-refractivity contribution in [3.05, 3.63) is 66.2 Å². The van der Waals surface area contributed by atoms with E-state index in [0.717, 1.165) is 26.9 Å². The second-order valence-electron chi connectivity index (χ2n) is 7.42. The van der Waals surface area contributed by atoms with Crippen LogP contribution in [0.15, 0.2) is 60.7 Å². The zero-order valence-electron chi connectivity index (χ0n) is 17.4. The van der Waals surface area contributed by atoms with Crippen LogP contribution in [0.3, 0.4) is 0 Å². The van der Waals surface area contributed by atoms with Crippen LogP contribution in [0, 0.1) is 0 Å². The highest BCUT2D eigenvalue weighted by Gasteiger charge is 2.30. The van der Waals surface area contributed by atoms with Gasteiger partial charge in [0.2, 0.25) is 15.9 Å². The van der Waals surface area contributed by atoms with Gasteiger partial charge in [0.1, 0.15) is 19.3 Å². The molecule has 1 aliphatic heterocycles. The third kappa shape index (κ3) is 4.44. The molecule has 8 heteroatoms. The Morgan fingerprint density at radius 2 is 1.74 bits per heavy atom. The lowest BCUT2D eigenvalue weighted by atomic mass is 10.0. The van der Waals surface area contributed by atoms with E-state index >= 15 is 0 Å². The van der Waals surface area contributed by atoms with Crippen molar-refractivity contribution in [2.75, 3.05) is 23.8 Å². The van der Waals surface area contributed by atoms with Gasteiger partial charge in [-0.25, -0.2) is 8.42 Å². The van der Waals surface area contributed by atoms with E-state index in [-0.39, 0.29) is 0 Å². The van der Waals surface area contributed by atoms with Crippen LogP contribution in [0.4, 0.5) is 5.69 Å². The molecule has 0 aromatic heterocycles. The molecule has 0 saturated carbocycles. The molecule has 1 aliphatic rings. The second-order valence-corrected chi connectivity index (χ2v) is 9.28. The van der Waals surface area contributed by atoms with E-state index < -0.39 is 22.0 Å². The minimum Gasteiger partial charge on any atom is -0.486 e. The average Bonchev–Trinajstić information content (AvgIpc) is 2.76. The molecule has 1 heterocycles. The molecule has 0 saturated heterocycles. The van der Waals surface area contributed by atoms with Gasteiger partial charge in [0.05, 0.1) is 11.9 Å². The standard InChI is InChI=1S/C23H24N2O5S/c1-16(23(26)24-15-18-8-5-7-17-6-3-4-9-20(17)18)25(31(2,27)28)19-10-11-21-22(14-19)30-13-12-29-21/h3-11,14,16H,12-13,15H2,1-2H3,(H,24,26)/t16-/m0/s1. The highest BCUT2D eigenvalue weighted by atomic mass is 32.2. The van der Waals surface area contributed by atoms with Crippen molar-refractivity contribution in [2.24, 2.45) is 0 Å². The van der Waals surface area contributed by atoms with E-state index in [1.165, 1.54) is 0 Å². The molecule has 0 bridgehead atoms. The molecule has 3 aromatic carbocycles. The Hall–Kier alpha value is -3.26. The summed E-state index contributed by atoms with van der Waals surface area (Å²) in [5.74, 6) is 0.616. The first-order valence-corrected chi connectivity index (χ1v) is 11.8. The van der Waals surface area contributed by atoms with Crippen molar-refractivity contribution in [2.45, 2.75) is 19.5 Å². The van der Waals surface area contributed by atoms with Gasteiger partial charge >= 0.3 is 0 Å². The van der Waals surface area contributed by atoms with E-state index in [1.54, 1.807) is 25.1 Å². The van der Waals surface area contributed by atoms with Crippen LogP contribution >= 0.6 is 0 Å². The van der Waals surface area contributed by atoms with E-state index in [4.69, 9.17) is 9.47 Å². The number of amides is 1. The quantitative estimate of drug-likeness (QED) is 0.637. The maximum Gasteiger partial charge on any atom is 0.243 e. The van der Waals surface area contributed by atoms with Gasteiger partial charge in [-0.1, -0.05) is 42.5 Å². The van der Waals surface area contributed by atoms with E-state index in [0.29, 0.717) is 36.9 Å². The average molecular weight is 441 g/mol. The summed E-state index contributed by atoms with van der Waals surface area (Å²) >= 11 is 0. The number of nitrogens with one attached hydrogen (secondary N) is 1. The van der Waals surface area contributed by atoms with Gasteiger partial charge in [0, 0.05) is 12.6 Å². The number of carbonyl (C=O) groups excluding carboxylic acids is 1. The van der Waals surface area contributed by atoms with E-state index in [9.17, 15) is 13.2 Å². The van der Waals surface area contributed by atoms with Crippen LogP contribution < -0.4 is 19.1 Å². The fourth-order valence-electron chi connectivity index (χ4n) is 3.75. The molecule has 7 nitrogen and oxygen atoms in total. The van der Waals surface area contributed by atoms with Crippen LogP contribution in [-0.4, -0.2) is 39.8 Å². The number of ether oxygens (including phenoxy) is 2. The summed E-state index contributed by atoms with van der Waals surface area (Å²) in [5.41, 5.74) is 1.31. The summed E-state index contributed by atoms with van der Waals surface area (Å²) in [4.78, 5) is 12.9. The van der Waals surface area contributed by atoms with Crippen molar-refractivity contribution in [1.29, 1.82) is 0 Å². The zero-order chi connectivity index (χ0) is 22.0. The minimum atomic E-state index is -3.73. The van der Waals surface area contributed by atoms with Crippen LogP contribution in [-0.2, 0) is 21.4 Å². The smallest absolute Gasteiger partial charge is 0.243 e. The Morgan fingerprint density at radius 3 is 2.52 bits per heavy atom. The van der Waals surface area contributed by atoms with Crippen LogP contribution in [0.1, 0.15) is 12.5 Å². The van der Waals surface area contributed by atoms with Crippen molar-refractivity contribution in [3.8, 4) is 11.5 Å². The number of nitrogens with zero attached hydrogens (tertiary/aromatic N) is 1. The number of fused-ring (bicyclic) bond motifs is 2. The monoisotopic (exact) mass is 440 g/mol. The zero-order valence-corrected chi connectivity index (χ0v) is 18.2. The van der Waals surface area contributed by atoms with Crippen molar-refractivity contribution < 1.29 is 22.7 Å². The normalized spacial score (nSPS) is 14.1. The minimum absolute atomic E-state index is 0.295. The summed E-state index contributed by atoms with van der Waals surface area (Å²) in [6.07, 6.45) is 1.08. The van der Waals surface area contributed by atoms with Gasteiger partial charge < -0.3 is 14.8 Å². The molecule has 0 fully saturated rings. The van der Waals surface area contributed by atoms with Crippen LogP contribution in [0.2, 0.25) is 0 Å². The number of anilines is 1. The first kappa shape index (κ1) is 21.0. The van der Waals surface area contributed by atoms with Crippen LogP contribution in [0.25, 0.3) is 10.8 Å². The third-order valence-corrected chi connectivity index (χ3v) is 6.44. The molecule has 1 atom stereocenters. The SMILES string of the molecule is C[C@@H](C(=O)NCc1cccc2ccccc12)N(c1ccc2c(c1)OCCO2)S(C)(=O)=O. The highest BCUT2D eigenvalue weighted by Crippen LogP contribution is 2.35. The summed E-state index contributed by atoms with van der Waals surface area (Å²) in [6.45, 7) is 2.69. The highest BCUT2D eigenvalue weighted by molar-refractivity contribution is 7.92. The molecule has 4 rings (SSSR count). The Kier molecular flexibility index (Phi) is 5.73. The topological polar surface area (TPSA) is 84.9 Å². The van der Waals surface area contributed by atoms with E-state index in [1.807, 2.05) is 42.5 Å². The lowest BCUT2D eigenvalue weighted by Gasteiger charge is -2.29. The van der Waals surface area contributed by atoms with Gasteiger partial charge in [0.15, 0.2) is 11.5 Å². The first-order chi connectivity index (χ1) is 14.8. The molecule has 0 aliphatic carbocycles. The largest absolute Gasteiger partial charge is 0.486 e. The number of hydrogen-bond donors (Lipinski definition) is 1. The summed E-state index contributed by atoms with van der Waals surface area (Å²) in [7, 11) is -3.73. The Labute approximate surface area is 181 Å². The fraction of sp³-hybridized carbons (Fsp3) is 0.261. The van der Waals surface area contributed by atoms with Gasteiger partial charge in [-0.3, -0.25) is 9.10 Å². The Bertz CT molecular complexity index is 1220. The van der Waals surface area contributed by atoms with Crippen LogP contribution in [0.5, 0.6) is 11.5 Å². The maximum atomic E-state index is 12.9. The fourth-order valence-corrected chi connectivity index (χ4v) is 4.92. The molecule has 0 spiro atoms. The molecular formula is C23H24N2O5S. The lowest BCUT2D eigenvalue weighted by molar-refractivity contribution is -0.122. The first-order valence-electron chi connectivity index (χ1n) is 9.98. The third-order valence-electron chi connectivity index (χ3n) is 5.20. The van der Waals surface area contributed by atoms with Gasteiger partial charge in [0.25, 0.3) is 0 Å². The number of hydrogen-bond acceptors (Lipinski definition) is 5. The Balaban J connectivity index is 1.56. The predicted octanol–water partition coefficient (Wildman–Crippen LogP) is 3.08. The molecule has 31 heavy (non-hydrogen) atoms. The molecule has 0 unspecified atom stereocenters. The molecule has 162 valence electrons. The van der Waals surface area contributed by atoms with Gasteiger partial charge in [-0.2, -0.15) is 0 Å². The molecule has 1 N–H and O–H groups in total. The summed E-state index contributed by atoms with van der Waals surface area (Å²) < 4.78 is 37.3. The van der Waals surface area contributed by atoms with Gasteiger partial charge in [-0.05, 0) is 35.4 Å². The number of carbonyl (C=O) groups is 1. The predicted molar refractivity (Wildman–Crippen MR) is 120 cm³/mol. The maximum absolute atomic E-state index is 12.9.